The zero-order valence-corrected chi connectivity index (χ0v) is 16.4. The Kier molecular flexibility index (Phi) is 6.20. The van der Waals surface area contributed by atoms with Gasteiger partial charge in [0.15, 0.2) is 0 Å². The number of pyridine rings is 1. The number of hydrogen-bond donors (Lipinski definition) is 1. The minimum atomic E-state index is -2.94. The maximum atomic E-state index is 12.5. The lowest BCUT2D eigenvalue weighted by atomic mass is 10.2. The normalized spacial score (nSPS) is 15.6. The second-order valence-corrected chi connectivity index (χ2v) is 7.17. The number of alkyl halides is 2. The summed E-state index contributed by atoms with van der Waals surface area (Å²) in [6, 6.07) is 12.1. The van der Waals surface area contributed by atoms with Gasteiger partial charge in [-0.15, -0.1) is 0 Å². The van der Waals surface area contributed by atoms with Gasteiger partial charge in [0.25, 0.3) is 0 Å². The van der Waals surface area contributed by atoms with Gasteiger partial charge in [0.2, 0.25) is 5.91 Å². The van der Waals surface area contributed by atoms with Gasteiger partial charge in [-0.3, -0.25) is 14.6 Å². The molecule has 9 heteroatoms. The molecule has 158 valence electrons. The summed E-state index contributed by atoms with van der Waals surface area (Å²) in [6.07, 6.45) is 4.01. The van der Waals surface area contributed by atoms with Crippen LogP contribution in [0.5, 0.6) is 5.75 Å². The van der Waals surface area contributed by atoms with Crippen molar-refractivity contribution >= 4 is 17.2 Å². The number of nitrogens with one attached hydrogen (secondary N) is 1. The Morgan fingerprint density at radius 3 is 2.57 bits per heavy atom. The highest BCUT2D eigenvalue weighted by Gasteiger charge is 2.20. The second kappa shape index (κ2) is 9.19. The highest BCUT2D eigenvalue weighted by molar-refractivity contribution is 5.93. The average molecular weight is 415 g/mol. The number of fused-ring (bicyclic) bond motifs is 1. The number of nitrogens with zero attached hydrogens (tertiary/aromatic N) is 4. The first-order valence-electron chi connectivity index (χ1n) is 9.78. The van der Waals surface area contributed by atoms with E-state index in [0.717, 1.165) is 44.1 Å². The molecule has 1 saturated heterocycles. The molecule has 3 aromatic rings. The summed E-state index contributed by atoms with van der Waals surface area (Å²) in [6.45, 7) is 1.17. The summed E-state index contributed by atoms with van der Waals surface area (Å²) in [4.78, 5) is 21.4. The number of ether oxygens (including phenoxy) is 1. The van der Waals surface area contributed by atoms with Gasteiger partial charge in [-0.1, -0.05) is 18.2 Å². The fourth-order valence-electron chi connectivity index (χ4n) is 3.56. The molecule has 4 rings (SSSR count). The van der Waals surface area contributed by atoms with Crippen LogP contribution >= 0.6 is 0 Å². The average Bonchev–Trinajstić information content (AvgIpc) is 3.13. The SMILES string of the molecule is O=C(CN1CCN(Cc2cn3ccccc3n2)CC1)Nc1ccccc1OC(F)F. The molecule has 1 aliphatic rings. The number of aromatic nitrogens is 2. The summed E-state index contributed by atoms with van der Waals surface area (Å²) >= 11 is 0. The number of halogens is 2. The van der Waals surface area contributed by atoms with Crippen molar-refractivity contribution in [2.24, 2.45) is 0 Å². The zero-order chi connectivity index (χ0) is 20.9. The van der Waals surface area contributed by atoms with Crippen LogP contribution in [-0.4, -0.2) is 64.4 Å². The standard InChI is InChI=1S/C21H23F2N5O2/c22-21(23)30-18-6-2-1-5-17(18)25-20(29)15-27-11-9-26(10-12-27)13-16-14-28-8-4-3-7-19(28)24-16/h1-8,14,21H,9-13,15H2,(H,25,29). The molecule has 30 heavy (non-hydrogen) atoms. The van der Waals surface area contributed by atoms with E-state index in [9.17, 15) is 13.6 Å². The van der Waals surface area contributed by atoms with E-state index in [0.29, 0.717) is 0 Å². The van der Waals surface area contributed by atoms with Gasteiger partial charge >= 0.3 is 6.61 Å². The lowest BCUT2D eigenvalue weighted by molar-refractivity contribution is -0.117. The first kappa shape index (κ1) is 20.2. The van der Waals surface area contributed by atoms with Gasteiger partial charge in [0.05, 0.1) is 17.9 Å². The Labute approximate surface area is 172 Å². The Bertz CT molecular complexity index is 969. The van der Waals surface area contributed by atoms with E-state index in [1.807, 2.05) is 39.9 Å². The van der Waals surface area contributed by atoms with E-state index in [2.05, 4.69) is 19.9 Å². The first-order chi connectivity index (χ1) is 14.6. The molecule has 0 bridgehead atoms. The van der Waals surface area contributed by atoms with Crippen molar-refractivity contribution in [1.82, 2.24) is 19.2 Å². The van der Waals surface area contributed by atoms with Crippen LogP contribution in [0.25, 0.3) is 5.65 Å². The molecule has 7 nitrogen and oxygen atoms in total. The third-order valence-electron chi connectivity index (χ3n) is 5.01. The lowest BCUT2D eigenvalue weighted by Crippen LogP contribution is -2.48. The highest BCUT2D eigenvalue weighted by Crippen LogP contribution is 2.25. The third kappa shape index (κ3) is 5.11. The van der Waals surface area contributed by atoms with Gasteiger partial charge in [-0.05, 0) is 24.3 Å². The molecule has 1 aromatic carbocycles. The summed E-state index contributed by atoms with van der Waals surface area (Å²) in [7, 11) is 0. The molecule has 0 aliphatic carbocycles. The number of carbonyl (C=O) groups is 1. The Morgan fingerprint density at radius 1 is 1.07 bits per heavy atom. The molecule has 0 spiro atoms. The summed E-state index contributed by atoms with van der Waals surface area (Å²) < 4.78 is 31.5. The number of piperazine rings is 1. The number of imidazole rings is 1. The van der Waals surface area contributed by atoms with E-state index < -0.39 is 6.61 Å². The quantitative estimate of drug-likeness (QED) is 0.643. The molecule has 2 aromatic heterocycles. The number of anilines is 1. The van der Waals surface area contributed by atoms with Crippen LogP contribution < -0.4 is 10.1 Å². The van der Waals surface area contributed by atoms with Crippen molar-refractivity contribution in [1.29, 1.82) is 0 Å². The number of hydrogen-bond acceptors (Lipinski definition) is 5. The van der Waals surface area contributed by atoms with Crippen molar-refractivity contribution in [3.63, 3.8) is 0 Å². The van der Waals surface area contributed by atoms with Crippen molar-refractivity contribution in [2.75, 3.05) is 38.0 Å². The third-order valence-corrected chi connectivity index (χ3v) is 5.01. The van der Waals surface area contributed by atoms with Crippen LogP contribution in [0.4, 0.5) is 14.5 Å². The molecule has 1 amide bonds. The smallest absolute Gasteiger partial charge is 0.387 e. The molecular formula is C21H23F2N5O2. The second-order valence-electron chi connectivity index (χ2n) is 7.17. The largest absolute Gasteiger partial charge is 0.433 e. The molecule has 0 saturated carbocycles. The van der Waals surface area contributed by atoms with Crippen LogP contribution in [-0.2, 0) is 11.3 Å². The molecule has 3 heterocycles. The van der Waals surface area contributed by atoms with Crippen LogP contribution in [0.2, 0.25) is 0 Å². The van der Waals surface area contributed by atoms with Crippen LogP contribution in [0, 0.1) is 0 Å². The fourth-order valence-corrected chi connectivity index (χ4v) is 3.56. The fraction of sp³-hybridized carbons (Fsp3) is 0.333. The molecule has 0 radical (unpaired) electrons. The number of para-hydroxylation sites is 2. The Morgan fingerprint density at radius 2 is 1.80 bits per heavy atom. The van der Waals surface area contributed by atoms with E-state index in [1.54, 1.807) is 18.2 Å². The Balaban J connectivity index is 1.26. The van der Waals surface area contributed by atoms with E-state index >= 15 is 0 Å². The monoisotopic (exact) mass is 415 g/mol. The minimum absolute atomic E-state index is 0.0434. The number of carbonyl (C=O) groups excluding carboxylic acids is 1. The van der Waals surface area contributed by atoms with Gasteiger partial charge in [0, 0.05) is 45.1 Å². The number of rotatable bonds is 7. The summed E-state index contributed by atoms with van der Waals surface area (Å²) in [5, 5.41) is 2.66. The predicted octanol–water partition coefficient (Wildman–Crippen LogP) is 2.69. The molecule has 1 N–H and O–H groups in total. The maximum Gasteiger partial charge on any atom is 0.387 e. The first-order valence-corrected chi connectivity index (χ1v) is 9.78. The van der Waals surface area contributed by atoms with Crippen molar-refractivity contribution in [3.8, 4) is 5.75 Å². The molecule has 0 unspecified atom stereocenters. The van der Waals surface area contributed by atoms with E-state index in [-0.39, 0.29) is 23.9 Å². The van der Waals surface area contributed by atoms with Crippen molar-refractivity contribution in [3.05, 3.63) is 60.6 Å². The molecule has 1 fully saturated rings. The minimum Gasteiger partial charge on any atom is -0.433 e. The van der Waals surface area contributed by atoms with Crippen LogP contribution in [0.3, 0.4) is 0 Å². The van der Waals surface area contributed by atoms with Crippen LogP contribution in [0.15, 0.2) is 54.9 Å². The van der Waals surface area contributed by atoms with E-state index in [4.69, 9.17) is 0 Å². The van der Waals surface area contributed by atoms with Crippen LogP contribution in [0.1, 0.15) is 5.69 Å². The van der Waals surface area contributed by atoms with E-state index in [1.165, 1.54) is 6.07 Å². The molecule has 0 atom stereocenters. The van der Waals surface area contributed by atoms with Crippen molar-refractivity contribution < 1.29 is 18.3 Å². The lowest BCUT2D eigenvalue weighted by Gasteiger charge is -2.33. The summed E-state index contributed by atoms with van der Waals surface area (Å²) in [5.41, 5.74) is 2.19. The zero-order valence-electron chi connectivity index (χ0n) is 16.4. The van der Waals surface area contributed by atoms with Gasteiger partial charge < -0.3 is 14.5 Å². The van der Waals surface area contributed by atoms with Crippen molar-refractivity contribution in [2.45, 2.75) is 13.2 Å². The Hall–Kier alpha value is -3.04. The topological polar surface area (TPSA) is 62.1 Å². The summed E-state index contributed by atoms with van der Waals surface area (Å²) in [5.74, 6) is -0.299. The molecular weight excluding hydrogens is 392 g/mol. The maximum absolute atomic E-state index is 12.5. The number of benzene rings is 1. The highest BCUT2D eigenvalue weighted by atomic mass is 19.3. The van der Waals surface area contributed by atoms with Gasteiger partial charge in [-0.2, -0.15) is 8.78 Å². The number of amides is 1. The van der Waals surface area contributed by atoms with Gasteiger partial charge in [0.1, 0.15) is 11.4 Å². The van der Waals surface area contributed by atoms with Gasteiger partial charge in [-0.25, -0.2) is 4.98 Å². The molecule has 1 aliphatic heterocycles. The predicted molar refractivity (Wildman–Crippen MR) is 109 cm³/mol.